The van der Waals surface area contributed by atoms with Crippen LogP contribution in [0.3, 0.4) is 0 Å². The molecule has 0 aliphatic heterocycles. The van der Waals surface area contributed by atoms with E-state index in [2.05, 4.69) is 15.0 Å². The number of hydrogen-bond donors (Lipinski definition) is 0. The number of benzene rings is 2. The van der Waals surface area contributed by atoms with E-state index in [0.717, 1.165) is 6.42 Å². The van der Waals surface area contributed by atoms with Gasteiger partial charge in [0.25, 0.3) is 11.6 Å². The van der Waals surface area contributed by atoms with Gasteiger partial charge < -0.3 is 13.9 Å². The summed E-state index contributed by atoms with van der Waals surface area (Å²) in [6.45, 7) is 2.48. The van der Waals surface area contributed by atoms with Crippen LogP contribution in [-0.4, -0.2) is 21.6 Å². The number of fused-ring (bicyclic) bond motifs is 1. The van der Waals surface area contributed by atoms with Crippen LogP contribution in [0.4, 0.5) is 0 Å². The van der Waals surface area contributed by atoms with Gasteiger partial charge in [-0.15, -0.1) is 0 Å². The largest absolute Gasteiger partial charge is 0.476 e. The Kier molecular flexibility index (Phi) is 5.32. The van der Waals surface area contributed by atoms with Crippen LogP contribution < -0.4 is 9.47 Å². The van der Waals surface area contributed by atoms with Gasteiger partial charge in [-0.3, -0.25) is 0 Å². The highest BCUT2D eigenvalue weighted by Gasteiger charge is 2.19. The Morgan fingerprint density at radius 2 is 1.79 bits per heavy atom. The van der Waals surface area contributed by atoms with Crippen molar-refractivity contribution in [1.29, 1.82) is 0 Å². The molecule has 28 heavy (non-hydrogen) atoms. The summed E-state index contributed by atoms with van der Waals surface area (Å²) in [5.74, 6) is 1.24. The van der Waals surface area contributed by atoms with Crippen LogP contribution in [0.5, 0.6) is 17.6 Å². The van der Waals surface area contributed by atoms with E-state index in [-0.39, 0.29) is 11.7 Å². The van der Waals surface area contributed by atoms with Crippen molar-refractivity contribution in [3.05, 3.63) is 58.6 Å². The third-order valence-corrected chi connectivity index (χ3v) is 4.51. The molecule has 0 N–H and O–H groups in total. The number of halogens is 2. The minimum absolute atomic E-state index is 0.113. The topological polar surface area (TPSA) is 70.3 Å². The molecule has 0 unspecified atom stereocenters. The normalized spacial score (nSPS) is 11.0. The highest BCUT2D eigenvalue weighted by atomic mass is 35.5. The van der Waals surface area contributed by atoms with Crippen molar-refractivity contribution in [2.24, 2.45) is 0 Å². The quantitative estimate of drug-likeness (QED) is 0.374. The van der Waals surface area contributed by atoms with E-state index in [1.807, 2.05) is 37.3 Å². The van der Waals surface area contributed by atoms with Crippen LogP contribution in [-0.2, 0) is 0 Å². The molecule has 2 heterocycles. The molecule has 4 rings (SSSR count). The van der Waals surface area contributed by atoms with E-state index in [4.69, 9.17) is 37.1 Å². The molecule has 0 atom stereocenters. The molecule has 0 bridgehead atoms. The summed E-state index contributed by atoms with van der Waals surface area (Å²) in [6, 6.07) is 14.5. The summed E-state index contributed by atoms with van der Waals surface area (Å²) in [5.41, 5.74) is 1.34. The Labute approximate surface area is 171 Å². The van der Waals surface area contributed by atoms with Crippen molar-refractivity contribution in [2.75, 3.05) is 6.61 Å². The molecule has 2 aromatic heterocycles. The van der Waals surface area contributed by atoms with Crippen molar-refractivity contribution in [2.45, 2.75) is 13.3 Å². The molecular weight excluding hydrogens is 401 g/mol. The molecule has 0 amide bonds. The predicted octanol–water partition coefficient (Wildman–Crippen LogP) is 6.17. The van der Waals surface area contributed by atoms with Crippen molar-refractivity contribution in [3.63, 3.8) is 0 Å². The number of para-hydroxylation sites is 1. The standard InChI is InChI=1S/C20H15Cl2N3O3/c1-2-10-26-18-16-19(25-20(24-18)27-13-6-4-3-5-7-13)28-17(23-16)12-8-9-14(21)15(22)11-12/h3-9,11H,2,10H2,1H3. The van der Waals surface area contributed by atoms with E-state index in [1.54, 1.807) is 18.2 Å². The first-order valence-corrected chi connectivity index (χ1v) is 9.39. The second kappa shape index (κ2) is 8.04. The third kappa shape index (κ3) is 3.88. The molecule has 0 fully saturated rings. The second-order valence-electron chi connectivity index (χ2n) is 5.88. The molecule has 0 aliphatic rings. The highest BCUT2D eigenvalue weighted by molar-refractivity contribution is 6.42. The summed E-state index contributed by atoms with van der Waals surface area (Å²) in [4.78, 5) is 13.2. The Morgan fingerprint density at radius 1 is 0.964 bits per heavy atom. The van der Waals surface area contributed by atoms with Crippen LogP contribution in [0, 0.1) is 0 Å². The summed E-state index contributed by atoms with van der Waals surface area (Å²) in [5, 5.41) is 0.856. The molecule has 0 saturated heterocycles. The minimum Gasteiger partial charge on any atom is -0.476 e. The Morgan fingerprint density at radius 3 is 2.54 bits per heavy atom. The number of nitrogens with zero attached hydrogens (tertiary/aromatic N) is 3. The first kappa shape index (κ1) is 18.5. The molecular formula is C20H15Cl2N3O3. The fraction of sp³-hybridized carbons (Fsp3) is 0.150. The van der Waals surface area contributed by atoms with Gasteiger partial charge in [-0.2, -0.15) is 9.97 Å². The van der Waals surface area contributed by atoms with Gasteiger partial charge in [-0.05, 0) is 36.8 Å². The zero-order chi connectivity index (χ0) is 19.5. The summed E-state index contributed by atoms with van der Waals surface area (Å²) < 4.78 is 17.3. The van der Waals surface area contributed by atoms with Gasteiger partial charge in [0.05, 0.1) is 16.7 Å². The molecule has 0 spiro atoms. The van der Waals surface area contributed by atoms with Crippen molar-refractivity contribution in [3.8, 4) is 29.1 Å². The SMILES string of the molecule is CCCOc1nc(Oc2ccccc2)nc2oc(-c3ccc(Cl)c(Cl)c3)nc12. The van der Waals surface area contributed by atoms with Crippen LogP contribution in [0.15, 0.2) is 52.9 Å². The van der Waals surface area contributed by atoms with Crippen molar-refractivity contribution < 1.29 is 13.9 Å². The lowest BCUT2D eigenvalue weighted by Crippen LogP contribution is -2.01. The van der Waals surface area contributed by atoms with Crippen LogP contribution in [0.25, 0.3) is 22.7 Å². The fourth-order valence-corrected chi connectivity index (χ4v) is 2.77. The predicted molar refractivity (Wildman–Crippen MR) is 107 cm³/mol. The van der Waals surface area contributed by atoms with E-state index in [1.165, 1.54) is 0 Å². The number of hydrogen-bond acceptors (Lipinski definition) is 6. The van der Waals surface area contributed by atoms with Gasteiger partial charge in [0.1, 0.15) is 5.75 Å². The molecule has 2 aromatic carbocycles. The molecule has 0 aliphatic carbocycles. The Bertz CT molecular complexity index is 1120. The average molecular weight is 416 g/mol. The molecule has 142 valence electrons. The summed E-state index contributed by atoms with van der Waals surface area (Å²) in [7, 11) is 0. The highest BCUT2D eigenvalue weighted by Crippen LogP contribution is 2.33. The van der Waals surface area contributed by atoms with E-state index < -0.39 is 0 Å². The Balaban J connectivity index is 1.77. The Hall–Kier alpha value is -2.83. The van der Waals surface area contributed by atoms with Crippen molar-refractivity contribution in [1.82, 2.24) is 15.0 Å². The summed E-state index contributed by atoms with van der Waals surface area (Å²) in [6.07, 6.45) is 0.817. The molecule has 0 radical (unpaired) electrons. The maximum absolute atomic E-state index is 6.10. The minimum atomic E-state index is 0.113. The van der Waals surface area contributed by atoms with Gasteiger partial charge in [0.15, 0.2) is 5.52 Å². The molecule has 8 heteroatoms. The van der Waals surface area contributed by atoms with E-state index >= 15 is 0 Å². The third-order valence-electron chi connectivity index (χ3n) is 3.77. The number of aromatic nitrogens is 3. The summed E-state index contributed by atoms with van der Waals surface area (Å²) >= 11 is 12.1. The maximum atomic E-state index is 6.10. The zero-order valence-electron chi connectivity index (χ0n) is 14.9. The monoisotopic (exact) mass is 415 g/mol. The first-order valence-electron chi connectivity index (χ1n) is 8.63. The first-order chi connectivity index (χ1) is 13.6. The number of rotatable bonds is 6. The zero-order valence-corrected chi connectivity index (χ0v) is 16.4. The van der Waals surface area contributed by atoms with Gasteiger partial charge in [-0.25, -0.2) is 4.98 Å². The van der Waals surface area contributed by atoms with Gasteiger partial charge >= 0.3 is 6.01 Å². The maximum Gasteiger partial charge on any atom is 0.328 e. The molecule has 6 nitrogen and oxygen atoms in total. The fourth-order valence-electron chi connectivity index (χ4n) is 2.47. The molecule has 4 aromatic rings. The van der Waals surface area contributed by atoms with E-state index in [9.17, 15) is 0 Å². The van der Waals surface area contributed by atoms with Crippen molar-refractivity contribution >= 4 is 34.4 Å². The van der Waals surface area contributed by atoms with Crippen LogP contribution >= 0.6 is 23.2 Å². The van der Waals surface area contributed by atoms with Gasteiger partial charge in [0, 0.05) is 5.56 Å². The van der Waals surface area contributed by atoms with Gasteiger partial charge in [0.2, 0.25) is 5.89 Å². The average Bonchev–Trinajstić information content (AvgIpc) is 3.13. The lowest BCUT2D eigenvalue weighted by Gasteiger charge is -2.06. The number of ether oxygens (including phenoxy) is 2. The number of oxazole rings is 1. The van der Waals surface area contributed by atoms with E-state index in [0.29, 0.717) is 45.3 Å². The smallest absolute Gasteiger partial charge is 0.328 e. The lowest BCUT2D eigenvalue weighted by atomic mass is 10.2. The van der Waals surface area contributed by atoms with Crippen LogP contribution in [0.2, 0.25) is 10.0 Å². The second-order valence-corrected chi connectivity index (χ2v) is 6.69. The van der Waals surface area contributed by atoms with Gasteiger partial charge in [-0.1, -0.05) is 48.3 Å². The lowest BCUT2D eigenvalue weighted by molar-refractivity contribution is 0.302. The molecule has 0 saturated carbocycles. The van der Waals surface area contributed by atoms with Crippen LogP contribution in [0.1, 0.15) is 13.3 Å².